The largest absolute Gasteiger partial charge is 0.506 e. The van der Waals surface area contributed by atoms with E-state index in [-0.39, 0.29) is 47.5 Å². The van der Waals surface area contributed by atoms with E-state index in [9.17, 15) is 37.5 Å². The Morgan fingerprint density at radius 3 is 2.48 bits per heavy atom. The molecule has 268 valence electrons. The first-order chi connectivity index (χ1) is 24.6. The zero-order chi connectivity index (χ0) is 37.2. The molecule has 4 aromatic carbocycles. The number of aromatic hydroxyl groups is 1. The van der Waals surface area contributed by atoms with Crippen LogP contribution in [0.4, 0.5) is 27.1 Å². The highest BCUT2D eigenvalue weighted by molar-refractivity contribution is 7.92. The molecule has 4 N–H and O–H groups in total. The summed E-state index contributed by atoms with van der Waals surface area (Å²) in [5, 5.41) is 15.8. The molecular formula is C35H32FN7O8S. The molecule has 0 saturated carbocycles. The van der Waals surface area contributed by atoms with Crippen LogP contribution in [-0.4, -0.2) is 59.9 Å². The van der Waals surface area contributed by atoms with E-state index in [0.717, 1.165) is 28.6 Å². The number of piperidine rings is 1. The molecule has 3 heterocycles. The van der Waals surface area contributed by atoms with Crippen molar-refractivity contribution in [3.63, 3.8) is 0 Å². The van der Waals surface area contributed by atoms with Gasteiger partial charge in [-0.15, -0.1) is 0 Å². The lowest BCUT2D eigenvalue weighted by atomic mass is 10.0. The topological polar surface area (TPSA) is 192 Å². The molecule has 1 atom stereocenters. The second kappa shape index (κ2) is 12.5. The summed E-state index contributed by atoms with van der Waals surface area (Å²) >= 11 is 0. The lowest BCUT2D eigenvalue weighted by molar-refractivity contribution is -0.135. The maximum atomic E-state index is 15.4. The Bertz CT molecular complexity index is 2560. The summed E-state index contributed by atoms with van der Waals surface area (Å²) in [5.74, 6) is -3.81. The van der Waals surface area contributed by atoms with Gasteiger partial charge in [0, 0.05) is 43.0 Å². The van der Waals surface area contributed by atoms with E-state index >= 15 is 4.39 Å². The number of imidazole rings is 1. The number of amides is 4. The first-order valence-electron chi connectivity index (χ1n) is 16.1. The van der Waals surface area contributed by atoms with Crippen molar-refractivity contribution in [2.45, 2.75) is 32.2 Å². The Morgan fingerprint density at radius 1 is 1.02 bits per heavy atom. The van der Waals surface area contributed by atoms with Crippen molar-refractivity contribution in [3.8, 4) is 5.75 Å². The molecule has 1 aromatic heterocycles. The standard InChI is InChI=1S/C35H32FN7O8S/c1-18-12-19(13-30(46)37-21-5-7-23-20(14-21)15-28(44)33(32(23)36)42-17-31(47)39-52(42,50)51)4-8-24(18)40(2)22-6-9-25-27(16-22)41(3)35(49)43(25)26-10-11-29(45)38-34(26)48/h4-9,12,14-16,26,44H,10-11,13,17H2,1-3H3,(H,37,46)(H,39,47)(H,38,45,48). The Kier molecular flexibility index (Phi) is 8.24. The molecule has 1 unspecified atom stereocenters. The monoisotopic (exact) mass is 729 g/mol. The third kappa shape index (κ3) is 5.87. The van der Waals surface area contributed by atoms with Crippen molar-refractivity contribution in [1.29, 1.82) is 0 Å². The van der Waals surface area contributed by atoms with Gasteiger partial charge in [-0.25, -0.2) is 18.2 Å². The molecule has 2 aliphatic rings. The average Bonchev–Trinajstić information content (AvgIpc) is 3.49. The Balaban J connectivity index is 1.07. The van der Waals surface area contributed by atoms with Crippen LogP contribution in [0, 0.1) is 12.7 Å². The predicted octanol–water partition coefficient (Wildman–Crippen LogP) is 2.75. The van der Waals surface area contributed by atoms with Crippen LogP contribution in [0.5, 0.6) is 5.75 Å². The summed E-state index contributed by atoms with van der Waals surface area (Å²) in [5.41, 5.74) is 3.70. The van der Waals surface area contributed by atoms with Crippen LogP contribution in [0.1, 0.15) is 30.0 Å². The number of aryl methyl sites for hydroxylation is 2. The van der Waals surface area contributed by atoms with Crippen molar-refractivity contribution in [1.82, 2.24) is 19.2 Å². The first kappa shape index (κ1) is 34.2. The van der Waals surface area contributed by atoms with E-state index in [1.807, 2.05) is 49.2 Å². The maximum Gasteiger partial charge on any atom is 0.329 e. The Hall–Kier alpha value is -6.23. The van der Waals surface area contributed by atoms with Crippen molar-refractivity contribution < 1.29 is 37.1 Å². The van der Waals surface area contributed by atoms with Gasteiger partial charge in [0.15, 0.2) is 5.82 Å². The van der Waals surface area contributed by atoms with Gasteiger partial charge in [-0.1, -0.05) is 12.1 Å². The number of hydrogen-bond donors (Lipinski definition) is 4. The van der Waals surface area contributed by atoms with Crippen LogP contribution < -0.4 is 30.3 Å². The number of carbonyl (C=O) groups excluding carboxylic acids is 4. The summed E-state index contributed by atoms with van der Waals surface area (Å²) < 4.78 is 45.0. The number of nitrogens with one attached hydrogen (secondary N) is 3. The number of benzene rings is 4. The number of carbonyl (C=O) groups is 4. The minimum absolute atomic E-state index is 0.0111. The molecular weight excluding hydrogens is 697 g/mol. The number of hydrogen-bond acceptors (Lipinski definition) is 9. The lowest BCUT2D eigenvalue weighted by Gasteiger charge is -2.23. The molecule has 2 fully saturated rings. The number of fused-ring (bicyclic) bond motifs is 2. The van der Waals surface area contributed by atoms with Crippen LogP contribution in [-0.2, 0) is 42.9 Å². The third-order valence-corrected chi connectivity index (χ3v) is 10.7. The molecule has 2 aliphatic heterocycles. The average molecular weight is 730 g/mol. The van der Waals surface area contributed by atoms with Gasteiger partial charge in [-0.05, 0) is 78.4 Å². The minimum Gasteiger partial charge on any atom is -0.506 e. The second-order valence-corrected chi connectivity index (χ2v) is 14.4. The predicted molar refractivity (Wildman–Crippen MR) is 190 cm³/mol. The molecule has 0 bridgehead atoms. The van der Waals surface area contributed by atoms with Gasteiger partial charge in [0.25, 0.3) is 5.91 Å². The molecule has 17 heteroatoms. The summed E-state index contributed by atoms with van der Waals surface area (Å²) in [6.07, 6.45) is 0.394. The van der Waals surface area contributed by atoms with Gasteiger partial charge in [0.05, 0.1) is 17.5 Å². The van der Waals surface area contributed by atoms with Crippen molar-refractivity contribution in [2.75, 3.05) is 28.1 Å². The van der Waals surface area contributed by atoms with E-state index in [4.69, 9.17) is 0 Å². The van der Waals surface area contributed by atoms with E-state index in [2.05, 4.69) is 10.6 Å². The molecule has 4 amide bonds. The molecule has 0 aliphatic carbocycles. The number of phenols is 1. The Morgan fingerprint density at radius 2 is 1.79 bits per heavy atom. The molecule has 52 heavy (non-hydrogen) atoms. The molecule has 2 saturated heterocycles. The number of halogens is 1. The van der Waals surface area contributed by atoms with Gasteiger partial charge in [-0.2, -0.15) is 8.42 Å². The molecule has 15 nitrogen and oxygen atoms in total. The van der Waals surface area contributed by atoms with Gasteiger partial charge >= 0.3 is 15.9 Å². The highest BCUT2D eigenvalue weighted by Crippen LogP contribution is 2.39. The summed E-state index contributed by atoms with van der Waals surface area (Å²) in [4.78, 5) is 64.0. The zero-order valence-electron chi connectivity index (χ0n) is 28.1. The minimum atomic E-state index is -4.36. The highest BCUT2D eigenvalue weighted by atomic mass is 32.2. The number of imide groups is 1. The molecule has 0 radical (unpaired) electrons. The molecule has 0 spiro atoms. The first-order valence-corrected chi connectivity index (χ1v) is 17.5. The van der Waals surface area contributed by atoms with Crippen LogP contribution >= 0.6 is 0 Å². The van der Waals surface area contributed by atoms with Crippen LogP contribution in [0.25, 0.3) is 21.8 Å². The van der Waals surface area contributed by atoms with E-state index < -0.39 is 51.9 Å². The van der Waals surface area contributed by atoms with Crippen LogP contribution in [0.3, 0.4) is 0 Å². The van der Waals surface area contributed by atoms with Gasteiger partial charge in [0.2, 0.25) is 17.7 Å². The molecule has 7 rings (SSSR count). The normalized spacial score (nSPS) is 17.0. The summed E-state index contributed by atoms with van der Waals surface area (Å²) in [6.45, 7) is 1.23. The maximum absolute atomic E-state index is 15.4. The van der Waals surface area contributed by atoms with E-state index in [1.165, 1.54) is 27.3 Å². The number of anilines is 4. The summed E-state index contributed by atoms with van der Waals surface area (Å²) in [7, 11) is -0.857. The van der Waals surface area contributed by atoms with E-state index in [0.29, 0.717) is 21.0 Å². The number of aromatic nitrogens is 2. The summed E-state index contributed by atoms with van der Waals surface area (Å²) in [6, 6.07) is 15.6. The lowest BCUT2D eigenvalue weighted by Crippen LogP contribution is -2.44. The third-order valence-electron chi connectivity index (χ3n) is 9.35. The number of rotatable bonds is 7. The van der Waals surface area contributed by atoms with Gasteiger partial charge in [-0.3, -0.25) is 33.6 Å². The van der Waals surface area contributed by atoms with Crippen LogP contribution in [0.15, 0.2) is 65.5 Å². The molecule has 5 aromatic rings. The fourth-order valence-electron chi connectivity index (χ4n) is 6.82. The van der Waals surface area contributed by atoms with Crippen molar-refractivity contribution >= 4 is 78.4 Å². The quantitative estimate of drug-likeness (QED) is 0.183. The smallest absolute Gasteiger partial charge is 0.329 e. The SMILES string of the molecule is Cc1cc(CC(=O)Nc2ccc3c(F)c(N4CC(=O)NS4(=O)=O)c(O)cc3c2)ccc1N(C)c1ccc2c(c1)n(C)c(=O)n2C1CCC(=O)NC1=O. The van der Waals surface area contributed by atoms with Gasteiger partial charge < -0.3 is 15.3 Å². The number of nitrogens with zero attached hydrogens (tertiary/aromatic N) is 4. The van der Waals surface area contributed by atoms with Crippen molar-refractivity contribution in [3.05, 3.63) is 88.1 Å². The van der Waals surface area contributed by atoms with E-state index in [1.54, 1.807) is 17.8 Å². The number of phenolic OH excluding ortho intramolecular Hbond substituents is 1. The Labute approximate surface area is 295 Å². The second-order valence-electron chi connectivity index (χ2n) is 12.8. The van der Waals surface area contributed by atoms with Gasteiger partial charge in [0.1, 0.15) is 24.0 Å². The highest BCUT2D eigenvalue weighted by Gasteiger charge is 2.38. The fourth-order valence-corrected chi connectivity index (χ4v) is 7.99. The van der Waals surface area contributed by atoms with Crippen LogP contribution in [0.2, 0.25) is 0 Å². The fraction of sp³-hybridized carbons (Fsp3) is 0.229. The zero-order valence-corrected chi connectivity index (χ0v) is 28.9. The van der Waals surface area contributed by atoms with Crippen molar-refractivity contribution in [2.24, 2.45) is 7.05 Å².